The Labute approximate surface area is 118 Å². The van der Waals surface area contributed by atoms with Gasteiger partial charge >= 0.3 is 12.0 Å². The summed E-state index contributed by atoms with van der Waals surface area (Å²) in [5.41, 5.74) is 1.28. The van der Waals surface area contributed by atoms with E-state index in [9.17, 15) is 9.59 Å². The highest BCUT2D eigenvalue weighted by Crippen LogP contribution is 2.32. The minimum Gasteiger partial charge on any atom is -0.478 e. The van der Waals surface area contributed by atoms with Gasteiger partial charge in [-0.15, -0.1) is 0 Å². The average molecular weight is 276 g/mol. The molecule has 5 nitrogen and oxygen atoms in total. The van der Waals surface area contributed by atoms with Crippen molar-refractivity contribution in [1.82, 2.24) is 10.6 Å². The first-order chi connectivity index (χ1) is 9.56. The maximum atomic E-state index is 11.6. The smallest absolute Gasteiger partial charge is 0.335 e. The zero-order valence-electron chi connectivity index (χ0n) is 11.6. The number of carbonyl (C=O) groups excluding carboxylic acids is 1. The van der Waals surface area contributed by atoms with E-state index in [2.05, 4.69) is 10.6 Å². The third-order valence-electron chi connectivity index (χ3n) is 3.59. The Morgan fingerprint density at radius 3 is 2.50 bits per heavy atom. The molecule has 0 saturated heterocycles. The monoisotopic (exact) mass is 276 g/mol. The number of carboxylic acid groups (broad SMARTS) is 1. The van der Waals surface area contributed by atoms with Gasteiger partial charge in [-0.2, -0.15) is 0 Å². The quantitative estimate of drug-likeness (QED) is 0.744. The standard InChI is InChI=1S/C15H20N2O3/c1-10(12-6-7-12)17-15(20)16-9-8-11-2-4-13(5-3-11)14(18)19/h2-5,10,12H,6-9H2,1H3,(H,18,19)(H2,16,17,20). The van der Waals surface area contributed by atoms with E-state index in [-0.39, 0.29) is 17.6 Å². The molecule has 1 aliphatic carbocycles. The number of carbonyl (C=O) groups is 2. The Balaban J connectivity index is 1.69. The third-order valence-corrected chi connectivity index (χ3v) is 3.59. The van der Waals surface area contributed by atoms with Crippen molar-refractivity contribution in [2.24, 2.45) is 5.92 Å². The van der Waals surface area contributed by atoms with Crippen molar-refractivity contribution >= 4 is 12.0 Å². The van der Waals surface area contributed by atoms with Crippen LogP contribution in [0.25, 0.3) is 0 Å². The molecule has 1 unspecified atom stereocenters. The van der Waals surface area contributed by atoms with E-state index >= 15 is 0 Å². The number of amides is 2. The number of urea groups is 1. The van der Waals surface area contributed by atoms with E-state index in [0.717, 1.165) is 5.56 Å². The lowest BCUT2D eigenvalue weighted by molar-refractivity contribution is 0.0697. The van der Waals surface area contributed by atoms with Crippen molar-refractivity contribution < 1.29 is 14.7 Å². The second-order valence-electron chi connectivity index (χ2n) is 5.28. The summed E-state index contributed by atoms with van der Waals surface area (Å²) in [5.74, 6) is -0.285. The van der Waals surface area contributed by atoms with Crippen LogP contribution in [0.2, 0.25) is 0 Å². The first kappa shape index (κ1) is 14.4. The first-order valence-electron chi connectivity index (χ1n) is 6.93. The van der Waals surface area contributed by atoms with Crippen LogP contribution >= 0.6 is 0 Å². The number of hydrogen-bond acceptors (Lipinski definition) is 2. The Morgan fingerprint density at radius 2 is 1.95 bits per heavy atom. The SMILES string of the molecule is CC(NC(=O)NCCc1ccc(C(=O)O)cc1)C1CC1. The molecule has 1 aromatic rings. The van der Waals surface area contributed by atoms with E-state index < -0.39 is 5.97 Å². The van der Waals surface area contributed by atoms with Gasteiger partial charge in [-0.1, -0.05) is 12.1 Å². The van der Waals surface area contributed by atoms with E-state index in [0.29, 0.717) is 18.9 Å². The Morgan fingerprint density at radius 1 is 1.30 bits per heavy atom. The van der Waals surface area contributed by atoms with Gasteiger partial charge < -0.3 is 15.7 Å². The van der Waals surface area contributed by atoms with Crippen molar-refractivity contribution in [3.63, 3.8) is 0 Å². The molecule has 20 heavy (non-hydrogen) atoms. The molecular formula is C15H20N2O3. The molecule has 1 fully saturated rings. The number of aromatic carboxylic acids is 1. The molecule has 5 heteroatoms. The maximum Gasteiger partial charge on any atom is 0.335 e. The van der Waals surface area contributed by atoms with Crippen molar-refractivity contribution in [3.8, 4) is 0 Å². The molecule has 1 atom stereocenters. The van der Waals surface area contributed by atoms with E-state index in [1.807, 2.05) is 6.92 Å². The summed E-state index contributed by atoms with van der Waals surface area (Å²) in [4.78, 5) is 22.3. The van der Waals surface area contributed by atoms with Crippen molar-refractivity contribution in [3.05, 3.63) is 35.4 Å². The molecule has 2 amide bonds. The molecule has 108 valence electrons. The molecular weight excluding hydrogens is 256 g/mol. The molecule has 0 radical (unpaired) electrons. The zero-order valence-corrected chi connectivity index (χ0v) is 11.6. The highest BCUT2D eigenvalue weighted by Gasteiger charge is 2.28. The van der Waals surface area contributed by atoms with Gasteiger partial charge in [0.1, 0.15) is 0 Å². The number of nitrogens with one attached hydrogen (secondary N) is 2. The van der Waals surface area contributed by atoms with Crippen molar-refractivity contribution in [2.75, 3.05) is 6.54 Å². The Bertz CT molecular complexity index is 480. The molecule has 1 aliphatic rings. The largest absolute Gasteiger partial charge is 0.478 e. The molecule has 3 N–H and O–H groups in total. The molecule has 0 bridgehead atoms. The highest BCUT2D eigenvalue weighted by atomic mass is 16.4. The Kier molecular flexibility index (Phi) is 4.61. The van der Waals surface area contributed by atoms with Gasteiger partial charge in [0.05, 0.1) is 5.56 Å². The number of rotatable bonds is 6. The summed E-state index contributed by atoms with van der Waals surface area (Å²) < 4.78 is 0. The van der Waals surface area contributed by atoms with Gasteiger partial charge in [0.15, 0.2) is 0 Å². The third kappa shape index (κ3) is 4.26. The molecule has 2 rings (SSSR count). The molecule has 1 aromatic carbocycles. The lowest BCUT2D eigenvalue weighted by Gasteiger charge is -2.13. The van der Waals surface area contributed by atoms with Gasteiger partial charge in [0.25, 0.3) is 0 Å². The second kappa shape index (κ2) is 6.41. The van der Waals surface area contributed by atoms with Crippen molar-refractivity contribution in [2.45, 2.75) is 32.2 Å². The lowest BCUT2D eigenvalue weighted by atomic mass is 10.1. The molecule has 1 saturated carbocycles. The zero-order chi connectivity index (χ0) is 14.5. The summed E-state index contributed by atoms with van der Waals surface area (Å²) in [5, 5.41) is 14.5. The average Bonchev–Trinajstić information content (AvgIpc) is 3.23. The van der Waals surface area contributed by atoms with Crippen LogP contribution in [-0.4, -0.2) is 29.7 Å². The number of carboxylic acids is 1. The van der Waals surface area contributed by atoms with Gasteiger partial charge in [0, 0.05) is 12.6 Å². The van der Waals surface area contributed by atoms with Gasteiger partial charge in [-0.25, -0.2) is 9.59 Å². The van der Waals surface area contributed by atoms with Crippen LogP contribution in [0, 0.1) is 5.92 Å². The summed E-state index contributed by atoms with van der Waals surface area (Å²) in [6.45, 7) is 2.57. The summed E-state index contributed by atoms with van der Waals surface area (Å²) in [6, 6.07) is 6.81. The van der Waals surface area contributed by atoms with Crippen LogP contribution in [0.15, 0.2) is 24.3 Å². The minimum atomic E-state index is -0.928. The van der Waals surface area contributed by atoms with Crippen LogP contribution in [-0.2, 0) is 6.42 Å². The first-order valence-corrected chi connectivity index (χ1v) is 6.93. The topological polar surface area (TPSA) is 78.4 Å². The molecule has 0 heterocycles. The van der Waals surface area contributed by atoms with Crippen LogP contribution in [0.1, 0.15) is 35.7 Å². The van der Waals surface area contributed by atoms with Crippen LogP contribution < -0.4 is 10.6 Å². The summed E-state index contributed by atoms with van der Waals surface area (Å²) in [7, 11) is 0. The van der Waals surface area contributed by atoms with Gasteiger partial charge in [-0.05, 0) is 49.8 Å². The van der Waals surface area contributed by atoms with E-state index in [1.165, 1.54) is 12.8 Å². The predicted octanol–water partition coefficient (Wildman–Crippen LogP) is 2.02. The van der Waals surface area contributed by atoms with Crippen LogP contribution in [0.4, 0.5) is 4.79 Å². The summed E-state index contributed by atoms with van der Waals surface area (Å²) in [6.07, 6.45) is 3.10. The van der Waals surface area contributed by atoms with Gasteiger partial charge in [0.2, 0.25) is 0 Å². The molecule has 0 spiro atoms. The number of benzene rings is 1. The highest BCUT2D eigenvalue weighted by molar-refractivity contribution is 5.87. The molecule has 0 aliphatic heterocycles. The minimum absolute atomic E-state index is 0.133. The fourth-order valence-electron chi connectivity index (χ4n) is 2.11. The maximum absolute atomic E-state index is 11.6. The molecule has 0 aromatic heterocycles. The van der Waals surface area contributed by atoms with Crippen LogP contribution in [0.5, 0.6) is 0 Å². The van der Waals surface area contributed by atoms with Crippen molar-refractivity contribution in [1.29, 1.82) is 0 Å². The van der Waals surface area contributed by atoms with Gasteiger partial charge in [-0.3, -0.25) is 0 Å². The van der Waals surface area contributed by atoms with E-state index in [4.69, 9.17) is 5.11 Å². The fourth-order valence-corrected chi connectivity index (χ4v) is 2.11. The summed E-state index contributed by atoms with van der Waals surface area (Å²) >= 11 is 0. The lowest BCUT2D eigenvalue weighted by Crippen LogP contribution is -2.42. The Hall–Kier alpha value is -2.04. The normalized spacial score (nSPS) is 15.4. The fraction of sp³-hybridized carbons (Fsp3) is 0.467. The van der Waals surface area contributed by atoms with Crippen LogP contribution in [0.3, 0.4) is 0 Å². The van der Waals surface area contributed by atoms with E-state index in [1.54, 1.807) is 24.3 Å². The number of hydrogen-bond donors (Lipinski definition) is 3. The second-order valence-corrected chi connectivity index (χ2v) is 5.28. The predicted molar refractivity (Wildman–Crippen MR) is 75.8 cm³/mol.